The highest BCUT2D eigenvalue weighted by molar-refractivity contribution is 7.98. The van der Waals surface area contributed by atoms with Crippen LogP contribution in [0.2, 0.25) is 0 Å². The number of aromatic nitrogens is 2. The first-order valence-corrected chi connectivity index (χ1v) is 12.6. The molecule has 1 aromatic carbocycles. The predicted octanol–water partition coefficient (Wildman–Crippen LogP) is 3.45. The highest BCUT2D eigenvalue weighted by atomic mass is 32.2. The summed E-state index contributed by atoms with van der Waals surface area (Å²) in [4.78, 5) is 27.8. The Bertz CT molecular complexity index is 928. The molecule has 2 aliphatic rings. The van der Waals surface area contributed by atoms with Gasteiger partial charge >= 0.3 is 6.09 Å². The molecule has 4 rings (SSSR count). The standard InChI is InChI=1S/C23H32N6O3S/c1-17(2)32-23(30)29-10-8-28(9-11-29)21-16-20(25-22(26-21)33-3)24-18-4-6-19(7-5-18)27-12-14-31-15-13-27/h4-7,16-17H,8-15H2,1-3H3,(H,24,25,26). The topological polar surface area (TPSA) is 83.1 Å². The Morgan fingerprint density at radius 2 is 1.73 bits per heavy atom. The Morgan fingerprint density at radius 3 is 2.36 bits per heavy atom. The summed E-state index contributed by atoms with van der Waals surface area (Å²) >= 11 is 1.51. The average molecular weight is 473 g/mol. The molecule has 178 valence electrons. The van der Waals surface area contributed by atoms with Crippen LogP contribution in [0.1, 0.15) is 13.8 Å². The van der Waals surface area contributed by atoms with E-state index in [1.807, 2.05) is 26.2 Å². The fraction of sp³-hybridized carbons (Fsp3) is 0.522. The van der Waals surface area contributed by atoms with E-state index in [2.05, 4.69) is 44.4 Å². The van der Waals surface area contributed by atoms with Crippen molar-refractivity contribution < 1.29 is 14.3 Å². The highest BCUT2D eigenvalue weighted by Crippen LogP contribution is 2.26. The molecule has 2 fully saturated rings. The Hall–Kier alpha value is -2.72. The normalized spacial score (nSPS) is 16.8. The maximum Gasteiger partial charge on any atom is 0.410 e. The fourth-order valence-electron chi connectivity index (χ4n) is 3.85. The van der Waals surface area contributed by atoms with Gasteiger partial charge in [0.05, 0.1) is 19.3 Å². The van der Waals surface area contributed by atoms with Gasteiger partial charge in [-0.3, -0.25) is 0 Å². The van der Waals surface area contributed by atoms with Crippen molar-refractivity contribution in [2.75, 3.05) is 73.9 Å². The molecule has 1 aromatic heterocycles. The van der Waals surface area contributed by atoms with Crippen molar-refractivity contribution in [3.05, 3.63) is 30.3 Å². The first-order valence-electron chi connectivity index (χ1n) is 11.3. The van der Waals surface area contributed by atoms with E-state index in [0.29, 0.717) is 31.3 Å². The van der Waals surface area contributed by atoms with Gasteiger partial charge in [0.25, 0.3) is 0 Å². The first-order chi connectivity index (χ1) is 16.0. The van der Waals surface area contributed by atoms with E-state index in [1.165, 1.54) is 17.4 Å². The van der Waals surface area contributed by atoms with E-state index < -0.39 is 0 Å². The zero-order valence-corrected chi connectivity index (χ0v) is 20.3. The molecule has 33 heavy (non-hydrogen) atoms. The lowest BCUT2D eigenvalue weighted by molar-refractivity contribution is 0.0751. The lowest BCUT2D eigenvalue weighted by atomic mass is 10.2. The average Bonchev–Trinajstić information content (AvgIpc) is 2.84. The van der Waals surface area contributed by atoms with Crippen LogP contribution in [0.5, 0.6) is 0 Å². The number of amides is 1. The number of anilines is 4. The molecule has 10 heteroatoms. The van der Waals surface area contributed by atoms with E-state index in [-0.39, 0.29) is 12.2 Å². The molecular weight excluding hydrogens is 440 g/mol. The van der Waals surface area contributed by atoms with Crippen molar-refractivity contribution in [3.63, 3.8) is 0 Å². The third kappa shape index (κ3) is 6.20. The van der Waals surface area contributed by atoms with Crippen LogP contribution in [-0.4, -0.2) is 85.8 Å². The van der Waals surface area contributed by atoms with Gasteiger partial charge in [0.15, 0.2) is 5.16 Å². The summed E-state index contributed by atoms with van der Waals surface area (Å²) in [5.74, 6) is 1.61. The number of hydrogen-bond acceptors (Lipinski definition) is 9. The molecule has 1 N–H and O–H groups in total. The van der Waals surface area contributed by atoms with Crippen LogP contribution in [0.3, 0.4) is 0 Å². The van der Waals surface area contributed by atoms with Crippen LogP contribution in [-0.2, 0) is 9.47 Å². The summed E-state index contributed by atoms with van der Waals surface area (Å²) in [6.07, 6.45) is 1.61. The molecule has 0 atom stereocenters. The molecule has 0 unspecified atom stereocenters. The van der Waals surface area contributed by atoms with Crippen molar-refractivity contribution in [2.24, 2.45) is 0 Å². The molecule has 2 aliphatic heterocycles. The Morgan fingerprint density at radius 1 is 1.03 bits per heavy atom. The molecule has 0 aliphatic carbocycles. The molecule has 2 aromatic rings. The second-order valence-corrected chi connectivity index (χ2v) is 9.05. The molecular formula is C23H32N6O3S. The first kappa shape index (κ1) is 23.4. The summed E-state index contributed by atoms with van der Waals surface area (Å²) in [6, 6.07) is 10.4. The molecule has 1 amide bonds. The summed E-state index contributed by atoms with van der Waals surface area (Å²) in [7, 11) is 0. The molecule has 0 saturated carbocycles. The van der Waals surface area contributed by atoms with Gasteiger partial charge in [-0.05, 0) is 44.4 Å². The van der Waals surface area contributed by atoms with Crippen LogP contribution in [0, 0.1) is 0 Å². The van der Waals surface area contributed by atoms with Gasteiger partial charge in [-0.2, -0.15) is 0 Å². The van der Waals surface area contributed by atoms with E-state index in [9.17, 15) is 4.79 Å². The van der Waals surface area contributed by atoms with Crippen molar-refractivity contribution in [1.29, 1.82) is 0 Å². The Labute approximate surface area is 199 Å². The van der Waals surface area contributed by atoms with Gasteiger partial charge in [-0.25, -0.2) is 14.8 Å². The SMILES string of the molecule is CSc1nc(Nc2ccc(N3CCOCC3)cc2)cc(N2CCN(C(=O)OC(C)C)CC2)n1. The number of nitrogens with zero attached hydrogens (tertiary/aromatic N) is 5. The quantitative estimate of drug-likeness (QED) is 0.502. The van der Waals surface area contributed by atoms with Gasteiger partial charge in [-0.1, -0.05) is 11.8 Å². The number of morpholine rings is 1. The predicted molar refractivity (Wildman–Crippen MR) is 132 cm³/mol. The molecule has 3 heterocycles. The minimum Gasteiger partial charge on any atom is -0.447 e. The Balaban J connectivity index is 1.41. The number of thioether (sulfide) groups is 1. The summed E-state index contributed by atoms with van der Waals surface area (Å²) in [6.45, 7) is 9.72. The summed E-state index contributed by atoms with van der Waals surface area (Å²) < 4.78 is 10.8. The van der Waals surface area contributed by atoms with Crippen LogP contribution in [0.15, 0.2) is 35.5 Å². The van der Waals surface area contributed by atoms with E-state index >= 15 is 0 Å². The zero-order chi connectivity index (χ0) is 23.2. The maximum atomic E-state index is 12.2. The number of carbonyl (C=O) groups excluding carboxylic acids is 1. The number of ether oxygens (including phenoxy) is 2. The van der Waals surface area contributed by atoms with Gasteiger partial charge in [0.2, 0.25) is 0 Å². The lowest BCUT2D eigenvalue weighted by Gasteiger charge is -2.35. The maximum absolute atomic E-state index is 12.2. The van der Waals surface area contributed by atoms with E-state index in [4.69, 9.17) is 14.5 Å². The minimum absolute atomic E-state index is 0.113. The second kappa shape index (κ2) is 10.9. The monoisotopic (exact) mass is 472 g/mol. The highest BCUT2D eigenvalue weighted by Gasteiger charge is 2.24. The van der Waals surface area contributed by atoms with E-state index in [1.54, 1.807) is 4.90 Å². The third-order valence-corrected chi connectivity index (χ3v) is 6.14. The van der Waals surface area contributed by atoms with E-state index in [0.717, 1.165) is 43.6 Å². The van der Waals surface area contributed by atoms with Gasteiger partial charge < -0.3 is 29.5 Å². The van der Waals surface area contributed by atoms with Crippen LogP contribution < -0.4 is 15.1 Å². The number of rotatable bonds is 6. The molecule has 2 saturated heterocycles. The number of piperazine rings is 1. The van der Waals surface area contributed by atoms with Crippen molar-refractivity contribution in [2.45, 2.75) is 25.1 Å². The number of nitrogens with one attached hydrogen (secondary N) is 1. The fourth-order valence-corrected chi connectivity index (χ4v) is 4.22. The Kier molecular flexibility index (Phi) is 7.77. The summed E-state index contributed by atoms with van der Waals surface area (Å²) in [5, 5.41) is 4.13. The van der Waals surface area contributed by atoms with Crippen LogP contribution in [0.25, 0.3) is 0 Å². The lowest BCUT2D eigenvalue weighted by Crippen LogP contribution is -2.49. The zero-order valence-electron chi connectivity index (χ0n) is 19.5. The van der Waals surface area contributed by atoms with Gasteiger partial charge in [-0.15, -0.1) is 0 Å². The molecule has 0 spiro atoms. The number of benzene rings is 1. The smallest absolute Gasteiger partial charge is 0.410 e. The number of hydrogen-bond donors (Lipinski definition) is 1. The molecule has 0 radical (unpaired) electrons. The number of carbonyl (C=O) groups is 1. The molecule has 0 bridgehead atoms. The summed E-state index contributed by atoms with van der Waals surface area (Å²) in [5.41, 5.74) is 2.18. The largest absolute Gasteiger partial charge is 0.447 e. The minimum atomic E-state index is -0.250. The van der Waals surface area contributed by atoms with Crippen molar-refractivity contribution in [1.82, 2.24) is 14.9 Å². The van der Waals surface area contributed by atoms with Crippen molar-refractivity contribution in [3.8, 4) is 0 Å². The van der Waals surface area contributed by atoms with Crippen molar-refractivity contribution >= 4 is 40.9 Å². The molecule has 9 nitrogen and oxygen atoms in total. The van der Waals surface area contributed by atoms with Gasteiger partial charge in [0.1, 0.15) is 11.6 Å². The second-order valence-electron chi connectivity index (χ2n) is 8.28. The van der Waals surface area contributed by atoms with Crippen LogP contribution >= 0.6 is 11.8 Å². The van der Waals surface area contributed by atoms with Crippen LogP contribution in [0.4, 0.5) is 27.8 Å². The third-order valence-electron chi connectivity index (χ3n) is 5.59. The van der Waals surface area contributed by atoms with Gasteiger partial charge in [0, 0.05) is 56.7 Å².